The van der Waals surface area contributed by atoms with Gasteiger partial charge in [0, 0.05) is 6.20 Å². The van der Waals surface area contributed by atoms with Crippen LogP contribution in [0.4, 0.5) is 23.1 Å². The van der Waals surface area contributed by atoms with Crippen molar-refractivity contribution in [2.24, 2.45) is 0 Å². The maximum atomic E-state index is 12.1. The topological polar surface area (TPSA) is 104 Å². The normalized spacial score (nSPS) is 14.7. The molecule has 0 bridgehead atoms. The summed E-state index contributed by atoms with van der Waals surface area (Å²) in [6.07, 6.45) is 4.10. The second-order valence-electron chi connectivity index (χ2n) is 9.03. The van der Waals surface area contributed by atoms with Gasteiger partial charge in [0.25, 0.3) is 0 Å². The number of hydrogen-bond acceptors (Lipinski definition) is 9. The highest BCUT2D eigenvalue weighted by atomic mass is 32.1. The molecule has 0 atom stereocenters. The number of carbonyl (C=O) groups excluding carboxylic acids is 1. The fourth-order valence-electron chi connectivity index (χ4n) is 4.73. The summed E-state index contributed by atoms with van der Waals surface area (Å²) < 4.78 is 10.7. The molecule has 1 aromatic carbocycles. The van der Waals surface area contributed by atoms with E-state index in [1.807, 2.05) is 23.7 Å². The van der Waals surface area contributed by atoms with Crippen molar-refractivity contribution in [3.63, 3.8) is 0 Å². The molecule has 0 spiro atoms. The first-order chi connectivity index (χ1) is 17.5. The van der Waals surface area contributed by atoms with Crippen molar-refractivity contribution in [3.05, 3.63) is 51.8 Å². The average Bonchev–Trinajstić information content (AvgIpc) is 3.54. The Morgan fingerprint density at radius 3 is 2.69 bits per heavy atom. The van der Waals surface area contributed by atoms with Crippen LogP contribution < -0.4 is 15.4 Å². The van der Waals surface area contributed by atoms with Crippen molar-refractivity contribution >= 4 is 51.5 Å². The van der Waals surface area contributed by atoms with Crippen LogP contribution in [-0.2, 0) is 4.74 Å². The molecule has 4 aromatic rings. The number of piperidine rings is 1. The fourth-order valence-corrected chi connectivity index (χ4v) is 5.49. The summed E-state index contributed by atoms with van der Waals surface area (Å²) in [4.78, 5) is 27.6. The third-order valence-electron chi connectivity index (χ3n) is 6.69. The van der Waals surface area contributed by atoms with E-state index in [0.717, 1.165) is 48.4 Å². The number of nitrogens with zero attached hydrogens (tertiary/aromatic N) is 3. The Morgan fingerprint density at radius 2 is 1.94 bits per heavy atom. The van der Waals surface area contributed by atoms with Gasteiger partial charge in [-0.2, -0.15) is 4.98 Å². The Labute approximate surface area is 213 Å². The minimum atomic E-state index is -0.396. The molecule has 188 valence electrons. The lowest BCUT2D eigenvalue weighted by Gasteiger charge is -2.30. The zero-order valence-corrected chi connectivity index (χ0v) is 21.7. The van der Waals surface area contributed by atoms with E-state index in [1.165, 1.54) is 29.6 Å². The molecule has 1 aliphatic rings. The van der Waals surface area contributed by atoms with Crippen molar-refractivity contribution in [2.45, 2.75) is 25.7 Å². The number of carbonyl (C=O) groups is 1. The number of aromatic nitrogens is 3. The molecular formula is C26H30N6O3S. The van der Waals surface area contributed by atoms with E-state index in [-0.39, 0.29) is 0 Å². The van der Waals surface area contributed by atoms with E-state index < -0.39 is 5.97 Å². The Balaban J connectivity index is 1.46. The molecule has 3 aromatic heterocycles. The van der Waals surface area contributed by atoms with Gasteiger partial charge in [-0.25, -0.2) is 9.78 Å². The van der Waals surface area contributed by atoms with E-state index in [4.69, 9.17) is 14.5 Å². The first-order valence-corrected chi connectivity index (χ1v) is 12.8. The van der Waals surface area contributed by atoms with E-state index >= 15 is 0 Å². The second-order valence-corrected chi connectivity index (χ2v) is 9.94. The third kappa shape index (κ3) is 4.74. The van der Waals surface area contributed by atoms with Crippen LogP contribution in [0.5, 0.6) is 5.75 Å². The van der Waals surface area contributed by atoms with Gasteiger partial charge in [0.2, 0.25) is 5.95 Å². The van der Waals surface area contributed by atoms with E-state index in [1.54, 1.807) is 7.11 Å². The number of rotatable bonds is 7. The highest BCUT2D eigenvalue weighted by Crippen LogP contribution is 2.37. The van der Waals surface area contributed by atoms with Gasteiger partial charge >= 0.3 is 5.97 Å². The number of thiophene rings is 1. The van der Waals surface area contributed by atoms with Crippen LogP contribution in [0.1, 0.15) is 39.6 Å². The lowest BCUT2D eigenvalue weighted by molar-refractivity contribution is 0.0607. The van der Waals surface area contributed by atoms with Crippen molar-refractivity contribution in [3.8, 4) is 5.75 Å². The molecule has 0 saturated carbocycles. The molecule has 1 fully saturated rings. The van der Waals surface area contributed by atoms with Gasteiger partial charge in [0.1, 0.15) is 16.1 Å². The first kappa shape index (κ1) is 24.1. The zero-order chi connectivity index (χ0) is 25.2. The maximum absolute atomic E-state index is 12.1. The van der Waals surface area contributed by atoms with Crippen LogP contribution in [0.15, 0.2) is 35.8 Å². The molecule has 1 aliphatic heterocycles. The predicted molar refractivity (Wildman–Crippen MR) is 143 cm³/mol. The molecule has 0 amide bonds. The quantitative estimate of drug-likeness (QED) is 0.286. The Bertz CT molecular complexity index is 1390. The van der Waals surface area contributed by atoms with Gasteiger partial charge in [0.15, 0.2) is 5.82 Å². The number of H-pyrrole nitrogens is 1. The Hall–Kier alpha value is -3.63. The first-order valence-electron chi connectivity index (χ1n) is 11.9. The number of likely N-dealkylation sites (tertiary alicyclic amines) is 1. The van der Waals surface area contributed by atoms with Crippen LogP contribution in [0.25, 0.3) is 11.0 Å². The minimum Gasteiger partial charge on any atom is -0.495 e. The number of aryl methyl sites for hydroxylation is 1. The van der Waals surface area contributed by atoms with Gasteiger partial charge in [-0.1, -0.05) is 0 Å². The monoisotopic (exact) mass is 506 g/mol. The number of fused-ring (bicyclic) bond motifs is 1. The summed E-state index contributed by atoms with van der Waals surface area (Å²) >= 11 is 1.31. The highest BCUT2D eigenvalue weighted by molar-refractivity contribution is 7.12. The number of ether oxygens (including phenoxy) is 2. The van der Waals surface area contributed by atoms with Crippen molar-refractivity contribution in [2.75, 3.05) is 45.0 Å². The van der Waals surface area contributed by atoms with Gasteiger partial charge in [0.05, 0.1) is 31.1 Å². The van der Waals surface area contributed by atoms with Gasteiger partial charge in [-0.15, -0.1) is 11.3 Å². The molecule has 36 heavy (non-hydrogen) atoms. The van der Waals surface area contributed by atoms with Crippen LogP contribution in [0.2, 0.25) is 0 Å². The number of anilines is 4. The van der Waals surface area contributed by atoms with Gasteiger partial charge in [-0.3, -0.25) is 0 Å². The maximum Gasteiger partial charge on any atom is 0.350 e. The molecule has 5 rings (SSSR count). The number of aromatic amines is 1. The number of hydrogen-bond donors (Lipinski definition) is 3. The highest BCUT2D eigenvalue weighted by Gasteiger charge is 2.22. The number of benzene rings is 1. The molecule has 0 radical (unpaired) electrons. The van der Waals surface area contributed by atoms with E-state index in [2.05, 4.69) is 51.6 Å². The minimum absolute atomic E-state index is 0.396. The molecule has 0 aliphatic carbocycles. The zero-order valence-electron chi connectivity index (χ0n) is 20.8. The SMILES string of the molecule is COC(=O)c1sccc1Nc1nc(Nc2cc(C)c(C3CCN(C)CC3)cc2OC)nc2cc[nH]c12. The molecular weight excluding hydrogens is 476 g/mol. The summed E-state index contributed by atoms with van der Waals surface area (Å²) in [5.74, 6) is 1.86. The number of nitrogens with one attached hydrogen (secondary N) is 3. The molecule has 9 nitrogen and oxygen atoms in total. The third-order valence-corrected chi connectivity index (χ3v) is 7.58. The molecule has 0 unspecified atom stereocenters. The lowest BCUT2D eigenvalue weighted by Crippen LogP contribution is -2.29. The summed E-state index contributed by atoms with van der Waals surface area (Å²) in [6.45, 7) is 4.36. The predicted octanol–water partition coefficient (Wildman–Crippen LogP) is 5.42. The summed E-state index contributed by atoms with van der Waals surface area (Å²) in [6, 6.07) is 7.97. The average molecular weight is 507 g/mol. The van der Waals surface area contributed by atoms with Crippen LogP contribution in [0, 0.1) is 6.92 Å². The summed E-state index contributed by atoms with van der Waals surface area (Å²) in [7, 11) is 5.23. The summed E-state index contributed by atoms with van der Waals surface area (Å²) in [5.41, 5.74) is 5.46. The van der Waals surface area contributed by atoms with Crippen molar-refractivity contribution in [1.29, 1.82) is 0 Å². The number of methoxy groups -OCH3 is 2. The van der Waals surface area contributed by atoms with Crippen molar-refractivity contribution in [1.82, 2.24) is 19.9 Å². The largest absolute Gasteiger partial charge is 0.495 e. The molecule has 3 N–H and O–H groups in total. The Morgan fingerprint density at radius 1 is 1.14 bits per heavy atom. The van der Waals surface area contributed by atoms with Crippen LogP contribution in [-0.4, -0.2) is 60.2 Å². The molecule has 4 heterocycles. The second kappa shape index (κ2) is 10.2. The summed E-state index contributed by atoms with van der Waals surface area (Å²) in [5, 5.41) is 8.46. The van der Waals surface area contributed by atoms with Crippen molar-refractivity contribution < 1.29 is 14.3 Å². The standard InChI is InChI=1S/C26H30N6O3S/c1-15-13-20(21(34-3)14-17(15)16-6-10-32(2)11-7-16)30-26-29-18-5-9-27-22(18)24(31-26)28-19-8-12-36-23(19)25(33)35-4/h5,8-9,12-14,16,27H,6-7,10-11H2,1-4H3,(H2,28,29,30,31). The molecule has 10 heteroatoms. The van der Waals surface area contributed by atoms with E-state index in [9.17, 15) is 4.79 Å². The smallest absolute Gasteiger partial charge is 0.350 e. The van der Waals surface area contributed by atoms with Crippen LogP contribution in [0.3, 0.4) is 0 Å². The lowest BCUT2D eigenvalue weighted by atomic mass is 9.86. The Kier molecular flexibility index (Phi) is 6.80. The van der Waals surface area contributed by atoms with Crippen LogP contribution >= 0.6 is 11.3 Å². The number of esters is 1. The molecule has 1 saturated heterocycles. The van der Waals surface area contributed by atoms with Gasteiger partial charge in [-0.05, 0) is 86.6 Å². The van der Waals surface area contributed by atoms with Gasteiger partial charge < -0.3 is 30.0 Å². The van der Waals surface area contributed by atoms with E-state index in [0.29, 0.717) is 28.2 Å². The fraction of sp³-hybridized carbons (Fsp3) is 0.346.